The first-order valence-electron chi connectivity index (χ1n) is 16.1. The van der Waals surface area contributed by atoms with Crippen molar-refractivity contribution in [2.45, 2.75) is 131 Å². The fourth-order valence-corrected chi connectivity index (χ4v) is 11.4. The van der Waals surface area contributed by atoms with E-state index in [-0.39, 0.29) is 34.6 Å². The fourth-order valence-electron chi connectivity index (χ4n) is 11.4. The predicted molar refractivity (Wildman–Crippen MR) is 154 cm³/mol. The number of hydrogen-bond acceptors (Lipinski definition) is 5. The van der Waals surface area contributed by atoms with Crippen LogP contribution in [0.3, 0.4) is 0 Å². The topological polar surface area (TPSA) is 87.0 Å². The minimum absolute atomic E-state index is 0.0344. The first kappa shape index (κ1) is 29.6. The van der Waals surface area contributed by atoms with E-state index in [0.717, 1.165) is 57.8 Å². The van der Waals surface area contributed by atoms with Crippen LogP contribution in [0.4, 0.5) is 0 Å². The molecular weight excluding hydrogens is 488 g/mol. The van der Waals surface area contributed by atoms with E-state index < -0.39 is 34.6 Å². The monoisotopic (exact) mass is 544 g/mol. The second kappa shape index (κ2) is 9.56. The molecule has 0 spiro atoms. The molecule has 5 aliphatic carbocycles. The first-order valence-corrected chi connectivity index (χ1v) is 16.1. The zero-order chi connectivity index (χ0) is 28.8. The van der Waals surface area contributed by atoms with Crippen LogP contribution in [0.1, 0.15) is 113 Å². The molecule has 4 saturated carbocycles. The third-order valence-electron chi connectivity index (χ3n) is 14.2. The Kier molecular flexibility index (Phi) is 7.25. The van der Waals surface area contributed by atoms with Crippen LogP contribution in [0.2, 0.25) is 0 Å². The van der Waals surface area contributed by atoms with Crippen LogP contribution in [0.15, 0.2) is 11.6 Å². The van der Waals surface area contributed by atoms with Gasteiger partial charge in [0.2, 0.25) is 0 Å². The van der Waals surface area contributed by atoms with Gasteiger partial charge in [0.25, 0.3) is 0 Å². The van der Waals surface area contributed by atoms with E-state index in [1.165, 1.54) is 5.57 Å². The Morgan fingerprint density at radius 3 is 2.31 bits per heavy atom. The summed E-state index contributed by atoms with van der Waals surface area (Å²) < 4.78 is 6.00. The van der Waals surface area contributed by atoms with Gasteiger partial charge < -0.3 is 20.1 Å². The third-order valence-corrected chi connectivity index (χ3v) is 14.2. The van der Waals surface area contributed by atoms with Gasteiger partial charge in [-0.3, -0.25) is 4.79 Å². The molecule has 0 unspecified atom stereocenters. The van der Waals surface area contributed by atoms with Crippen LogP contribution in [0.5, 0.6) is 0 Å². The zero-order valence-electron chi connectivity index (χ0n) is 25.9. The van der Waals surface area contributed by atoms with Crippen molar-refractivity contribution in [2.24, 2.45) is 56.7 Å². The van der Waals surface area contributed by atoms with Crippen molar-refractivity contribution in [2.75, 3.05) is 6.61 Å². The summed E-state index contributed by atoms with van der Waals surface area (Å²) in [4.78, 5) is 13.9. The van der Waals surface area contributed by atoms with Crippen LogP contribution in [0, 0.1) is 56.7 Å². The summed E-state index contributed by atoms with van der Waals surface area (Å²) in [6.07, 6.45) is 8.01. The Morgan fingerprint density at radius 2 is 1.64 bits per heavy atom. The summed E-state index contributed by atoms with van der Waals surface area (Å²) in [6, 6.07) is 0. The van der Waals surface area contributed by atoms with Gasteiger partial charge in [-0.05, 0) is 97.2 Å². The van der Waals surface area contributed by atoms with Gasteiger partial charge in [-0.2, -0.15) is 0 Å². The largest absolute Gasteiger partial charge is 0.465 e. The Bertz CT molecular complexity index is 1000. The molecule has 0 saturated heterocycles. The van der Waals surface area contributed by atoms with Crippen LogP contribution in [-0.4, -0.2) is 46.2 Å². The van der Waals surface area contributed by atoms with Crippen molar-refractivity contribution in [1.29, 1.82) is 0 Å². The van der Waals surface area contributed by atoms with Crippen molar-refractivity contribution < 1.29 is 24.9 Å². The van der Waals surface area contributed by atoms with Crippen LogP contribution >= 0.6 is 0 Å². The molecule has 12 atom stereocenters. The Labute approximate surface area is 237 Å². The van der Waals surface area contributed by atoms with Crippen molar-refractivity contribution in [3.8, 4) is 0 Å². The fraction of sp³-hybridized carbons (Fsp3) is 0.912. The molecule has 4 fully saturated rings. The van der Waals surface area contributed by atoms with Gasteiger partial charge >= 0.3 is 5.97 Å². The lowest BCUT2D eigenvalue weighted by Crippen LogP contribution is -2.72. The molecule has 3 N–H and O–H groups in total. The van der Waals surface area contributed by atoms with Gasteiger partial charge in [0, 0.05) is 5.41 Å². The summed E-state index contributed by atoms with van der Waals surface area (Å²) in [7, 11) is 0. The molecule has 0 aromatic rings. The highest BCUT2D eigenvalue weighted by Crippen LogP contribution is 2.75. The Morgan fingerprint density at radius 1 is 0.949 bits per heavy atom. The second-order valence-corrected chi connectivity index (χ2v) is 15.9. The molecule has 0 aromatic heterocycles. The number of aliphatic hydroxyl groups excluding tert-OH is 3. The molecule has 0 aromatic carbocycles. The number of carbonyl (C=O) groups is 1. The molecule has 222 valence electrons. The van der Waals surface area contributed by atoms with Gasteiger partial charge in [0.15, 0.2) is 0 Å². The highest BCUT2D eigenvalue weighted by atomic mass is 16.5. The molecule has 0 amide bonds. The van der Waals surface area contributed by atoms with Crippen molar-refractivity contribution in [1.82, 2.24) is 0 Å². The van der Waals surface area contributed by atoms with Crippen molar-refractivity contribution in [3.05, 3.63) is 11.6 Å². The van der Waals surface area contributed by atoms with Crippen LogP contribution < -0.4 is 0 Å². The van der Waals surface area contributed by atoms with Gasteiger partial charge in [-0.15, -0.1) is 0 Å². The SMILES string of the molecule is CCCCOC(=O)[C@]12CC[C@@H](C)[C@H](C)[C@H]1C1=CC[C@@H]3[C@@]4(C)[C@@H](O)[C@H](O)[C@H](O)C(C)(C)[C@@H]4CC[C@@]3(C)[C@]1(C)CC2. The maximum atomic E-state index is 13.9. The van der Waals surface area contributed by atoms with E-state index in [2.05, 4.69) is 61.5 Å². The molecule has 0 radical (unpaired) electrons. The van der Waals surface area contributed by atoms with E-state index in [1.807, 2.05) is 0 Å². The van der Waals surface area contributed by atoms with E-state index in [0.29, 0.717) is 18.4 Å². The quantitative estimate of drug-likeness (QED) is 0.220. The summed E-state index contributed by atoms with van der Waals surface area (Å²) in [6.45, 7) is 18.6. The van der Waals surface area contributed by atoms with E-state index in [1.54, 1.807) is 0 Å². The van der Waals surface area contributed by atoms with E-state index >= 15 is 0 Å². The first-order chi connectivity index (χ1) is 18.1. The van der Waals surface area contributed by atoms with E-state index in [9.17, 15) is 20.1 Å². The van der Waals surface area contributed by atoms with Gasteiger partial charge in [0.1, 0.15) is 6.10 Å². The van der Waals surface area contributed by atoms with Crippen molar-refractivity contribution >= 4 is 5.97 Å². The van der Waals surface area contributed by atoms with Crippen LogP contribution in [-0.2, 0) is 9.53 Å². The molecule has 5 rings (SSSR count). The number of rotatable bonds is 4. The average Bonchev–Trinajstić information content (AvgIpc) is 2.89. The molecule has 0 aliphatic heterocycles. The lowest BCUT2D eigenvalue weighted by molar-refractivity contribution is -0.278. The van der Waals surface area contributed by atoms with Gasteiger partial charge in [0.05, 0.1) is 24.2 Å². The summed E-state index contributed by atoms with van der Waals surface area (Å²) in [5, 5.41) is 33.8. The molecule has 5 nitrogen and oxygen atoms in total. The normalized spacial score (nSPS) is 52.4. The van der Waals surface area contributed by atoms with E-state index in [4.69, 9.17) is 4.74 Å². The molecular formula is C34H56O5. The number of fused-ring (bicyclic) bond motifs is 7. The van der Waals surface area contributed by atoms with Crippen molar-refractivity contribution in [3.63, 3.8) is 0 Å². The summed E-state index contributed by atoms with van der Waals surface area (Å²) in [5.41, 5.74) is -0.0814. The average molecular weight is 545 g/mol. The van der Waals surface area contributed by atoms with Gasteiger partial charge in [-0.1, -0.05) is 73.5 Å². The number of hydrogen-bond donors (Lipinski definition) is 3. The van der Waals surface area contributed by atoms with Crippen LogP contribution in [0.25, 0.3) is 0 Å². The number of aliphatic hydroxyl groups is 3. The highest BCUT2D eigenvalue weighted by Gasteiger charge is 2.72. The zero-order valence-corrected chi connectivity index (χ0v) is 25.9. The number of esters is 1. The molecule has 39 heavy (non-hydrogen) atoms. The predicted octanol–water partition coefficient (Wildman–Crippen LogP) is 6.29. The number of unbranched alkanes of at least 4 members (excludes halogenated alkanes) is 1. The Balaban J connectivity index is 1.59. The standard InChI is InChI=1S/C34H56O5/c1-9-10-19-39-29(38)34-16-13-20(2)21(3)25(34)22-11-12-24-32(7,31(22,6)17-18-34)15-14-23-30(4,5)27(36)26(35)28(37)33(23,24)8/h11,20-21,23-28,35-37H,9-10,12-19H2,1-8H3/t20-,21+,23+,24+,25+,26-,27+,28+,31-,32-,33+,34+/m1/s1. The smallest absolute Gasteiger partial charge is 0.312 e. The number of ether oxygens (including phenoxy) is 1. The minimum atomic E-state index is -1.14. The second-order valence-electron chi connectivity index (χ2n) is 15.9. The molecule has 0 heterocycles. The van der Waals surface area contributed by atoms with Gasteiger partial charge in [-0.25, -0.2) is 0 Å². The Hall–Kier alpha value is -0.910. The maximum absolute atomic E-state index is 13.9. The molecule has 5 aliphatic rings. The maximum Gasteiger partial charge on any atom is 0.312 e. The summed E-state index contributed by atoms with van der Waals surface area (Å²) >= 11 is 0. The lowest BCUT2D eigenvalue weighted by Gasteiger charge is -2.72. The minimum Gasteiger partial charge on any atom is -0.465 e. The molecule has 0 bridgehead atoms. The summed E-state index contributed by atoms with van der Waals surface area (Å²) in [5.74, 6) is 1.51. The third kappa shape index (κ3) is 3.70. The number of carbonyl (C=O) groups excluding carboxylic acids is 1. The highest BCUT2D eigenvalue weighted by molar-refractivity contribution is 5.79. The number of allylic oxidation sites excluding steroid dienone is 2. The molecule has 5 heteroatoms. The lowest BCUT2D eigenvalue weighted by atomic mass is 9.33.